The second-order valence-electron chi connectivity index (χ2n) is 4.43. The van der Waals surface area contributed by atoms with Crippen LogP contribution in [0.3, 0.4) is 0 Å². The number of thiazole rings is 1. The standard InChI is InChI=1S/C11H15N3O3S/c12-11-13-8(6-18-11)10(17)14-3-1-2-7(5-14)4-9(15)16/h6-7H,1-5H2,(H2,12,13)(H,15,16). The number of likely N-dealkylation sites (tertiary alicyclic amines) is 1. The van der Waals surface area contributed by atoms with Crippen LogP contribution in [0.1, 0.15) is 29.8 Å². The third-order valence-electron chi connectivity index (χ3n) is 3.01. The molecule has 0 bridgehead atoms. The van der Waals surface area contributed by atoms with Crippen molar-refractivity contribution in [2.45, 2.75) is 19.3 Å². The van der Waals surface area contributed by atoms with Gasteiger partial charge in [-0.15, -0.1) is 11.3 Å². The summed E-state index contributed by atoms with van der Waals surface area (Å²) in [6, 6.07) is 0. The van der Waals surface area contributed by atoms with Gasteiger partial charge >= 0.3 is 5.97 Å². The van der Waals surface area contributed by atoms with E-state index in [9.17, 15) is 9.59 Å². The maximum absolute atomic E-state index is 12.1. The van der Waals surface area contributed by atoms with Gasteiger partial charge in [0.1, 0.15) is 5.69 Å². The molecule has 1 aromatic heterocycles. The van der Waals surface area contributed by atoms with Gasteiger partial charge in [-0.1, -0.05) is 0 Å². The summed E-state index contributed by atoms with van der Waals surface area (Å²) in [4.78, 5) is 28.4. The Hall–Kier alpha value is -1.63. The van der Waals surface area contributed by atoms with Crippen molar-refractivity contribution in [2.75, 3.05) is 18.8 Å². The second-order valence-corrected chi connectivity index (χ2v) is 5.32. The lowest BCUT2D eigenvalue weighted by Crippen LogP contribution is -2.40. The third kappa shape index (κ3) is 2.98. The summed E-state index contributed by atoms with van der Waals surface area (Å²) >= 11 is 1.23. The predicted molar refractivity (Wildman–Crippen MR) is 67.4 cm³/mol. The van der Waals surface area contributed by atoms with Crippen molar-refractivity contribution in [1.29, 1.82) is 0 Å². The van der Waals surface area contributed by atoms with Crippen molar-refractivity contribution in [3.8, 4) is 0 Å². The fourth-order valence-electron chi connectivity index (χ4n) is 2.21. The molecule has 1 fully saturated rings. The zero-order valence-electron chi connectivity index (χ0n) is 9.83. The summed E-state index contributed by atoms with van der Waals surface area (Å²) in [6.07, 6.45) is 1.81. The van der Waals surface area contributed by atoms with E-state index in [0.717, 1.165) is 12.8 Å². The van der Waals surface area contributed by atoms with Crippen LogP contribution in [0.2, 0.25) is 0 Å². The van der Waals surface area contributed by atoms with Crippen LogP contribution in [-0.4, -0.2) is 40.0 Å². The molecule has 0 aromatic carbocycles. The Labute approximate surface area is 108 Å². The molecule has 0 saturated carbocycles. The van der Waals surface area contributed by atoms with E-state index < -0.39 is 5.97 Å². The van der Waals surface area contributed by atoms with Gasteiger partial charge in [-0.2, -0.15) is 0 Å². The fourth-order valence-corrected chi connectivity index (χ4v) is 2.75. The highest BCUT2D eigenvalue weighted by atomic mass is 32.1. The van der Waals surface area contributed by atoms with E-state index in [-0.39, 0.29) is 18.2 Å². The number of rotatable bonds is 3. The minimum Gasteiger partial charge on any atom is -0.481 e. The molecule has 1 atom stereocenters. The Balaban J connectivity index is 2.00. The highest BCUT2D eigenvalue weighted by molar-refractivity contribution is 7.13. The Kier molecular flexibility index (Phi) is 3.81. The number of carbonyl (C=O) groups is 2. The maximum Gasteiger partial charge on any atom is 0.303 e. The number of hydrogen-bond donors (Lipinski definition) is 2. The summed E-state index contributed by atoms with van der Waals surface area (Å²) in [5, 5.41) is 10.8. The molecule has 6 nitrogen and oxygen atoms in total. The minimum absolute atomic E-state index is 0.0381. The molecular weight excluding hydrogens is 254 g/mol. The second kappa shape index (κ2) is 5.34. The van der Waals surface area contributed by atoms with Crippen molar-refractivity contribution in [3.05, 3.63) is 11.1 Å². The highest BCUT2D eigenvalue weighted by Crippen LogP contribution is 2.22. The lowest BCUT2D eigenvalue weighted by atomic mass is 9.95. The molecule has 7 heteroatoms. The van der Waals surface area contributed by atoms with Crippen LogP contribution >= 0.6 is 11.3 Å². The molecule has 3 N–H and O–H groups in total. The molecule has 1 saturated heterocycles. The first kappa shape index (κ1) is 12.8. The molecule has 0 aliphatic carbocycles. The SMILES string of the molecule is Nc1nc(C(=O)N2CCCC(CC(=O)O)C2)cs1. The van der Waals surface area contributed by atoms with E-state index in [1.807, 2.05) is 0 Å². The van der Waals surface area contributed by atoms with Gasteiger partial charge in [0.25, 0.3) is 5.91 Å². The summed E-state index contributed by atoms with van der Waals surface area (Å²) in [6.45, 7) is 1.15. The minimum atomic E-state index is -0.813. The van der Waals surface area contributed by atoms with Crippen molar-refractivity contribution >= 4 is 28.3 Å². The molecule has 1 aliphatic heterocycles. The molecule has 0 spiro atoms. The number of amides is 1. The first-order chi connectivity index (χ1) is 8.56. The smallest absolute Gasteiger partial charge is 0.303 e. The average Bonchev–Trinajstić information content (AvgIpc) is 2.74. The van der Waals surface area contributed by atoms with Gasteiger partial charge in [0, 0.05) is 24.9 Å². The number of aliphatic carboxylic acids is 1. The van der Waals surface area contributed by atoms with E-state index in [0.29, 0.717) is 23.9 Å². The van der Waals surface area contributed by atoms with Crippen LogP contribution in [0.15, 0.2) is 5.38 Å². The molecule has 1 aromatic rings. The van der Waals surface area contributed by atoms with Gasteiger partial charge in [0.05, 0.1) is 0 Å². The number of carboxylic acid groups (broad SMARTS) is 1. The monoisotopic (exact) mass is 269 g/mol. The number of nitrogens with zero attached hydrogens (tertiary/aromatic N) is 2. The number of aromatic nitrogens is 1. The molecule has 1 amide bonds. The number of nitrogen functional groups attached to an aromatic ring is 1. The Bertz CT molecular complexity index is 460. The van der Waals surface area contributed by atoms with Crippen LogP contribution in [0, 0.1) is 5.92 Å². The molecule has 1 aliphatic rings. The van der Waals surface area contributed by atoms with Crippen LogP contribution < -0.4 is 5.73 Å². The zero-order chi connectivity index (χ0) is 13.1. The molecule has 18 heavy (non-hydrogen) atoms. The fraction of sp³-hybridized carbons (Fsp3) is 0.545. The average molecular weight is 269 g/mol. The number of nitrogens with two attached hydrogens (primary N) is 1. The van der Waals surface area contributed by atoms with Gasteiger partial charge in [-0.25, -0.2) is 4.98 Å². The van der Waals surface area contributed by atoms with Crippen molar-refractivity contribution in [1.82, 2.24) is 9.88 Å². The number of piperidine rings is 1. The third-order valence-corrected chi connectivity index (χ3v) is 3.68. The van der Waals surface area contributed by atoms with Crippen LogP contribution in [0.25, 0.3) is 0 Å². The van der Waals surface area contributed by atoms with Crippen molar-refractivity contribution < 1.29 is 14.7 Å². The summed E-state index contributed by atoms with van der Waals surface area (Å²) in [7, 11) is 0. The molecule has 0 radical (unpaired) electrons. The first-order valence-electron chi connectivity index (χ1n) is 5.78. The van der Waals surface area contributed by atoms with Gasteiger partial charge < -0.3 is 15.7 Å². The van der Waals surface area contributed by atoms with Crippen LogP contribution in [0.4, 0.5) is 5.13 Å². The van der Waals surface area contributed by atoms with E-state index >= 15 is 0 Å². The molecule has 98 valence electrons. The number of carbonyl (C=O) groups excluding carboxylic acids is 1. The lowest BCUT2D eigenvalue weighted by molar-refractivity contribution is -0.138. The van der Waals surface area contributed by atoms with E-state index in [1.54, 1.807) is 10.3 Å². The normalized spacial score (nSPS) is 19.8. The largest absolute Gasteiger partial charge is 0.481 e. The molecule has 2 heterocycles. The molecule has 1 unspecified atom stereocenters. The maximum atomic E-state index is 12.1. The number of hydrogen-bond acceptors (Lipinski definition) is 5. The van der Waals surface area contributed by atoms with Crippen molar-refractivity contribution in [2.24, 2.45) is 5.92 Å². The summed E-state index contributed by atoms with van der Waals surface area (Å²) < 4.78 is 0. The molecular formula is C11H15N3O3S. The number of carboxylic acids is 1. The van der Waals surface area contributed by atoms with Gasteiger partial charge in [-0.05, 0) is 18.8 Å². The first-order valence-corrected chi connectivity index (χ1v) is 6.66. The Morgan fingerprint density at radius 3 is 3.00 bits per heavy atom. The Morgan fingerprint density at radius 1 is 1.61 bits per heavy atom. The predicted octanol–water partition coefficient (Wildman–Crippen LogP) is 1.05. The van der Waals surface area contributed by atoms with Gasteiger partial charge in [-0.3, -0.25) is 9.59 Å². The summed E-state index contributed by atoms with van der Waals surface area (Å²) in [5.74, 6) is -0.929. The quantitative estimate of drug-likeness (QED) is 0.855. The van der Waals surface area contributed by atoms with Crippen LogP contribution in [0.5, 0.6) is 0 Å². The zero-order valence-corrected chi connectivity index (χ0v) is 10.7. The summed E-state index contributed by atoms with van der Waals surface area (Å²) in [5.41, 5.74) is 5.85. The van der Waals surface area contributed by atoms with Gasteiger partial charge in [0.2, 0.25) is 0 Å². The van der Waals surface area contributed by atoms with E-state index in [4.69, 9.17) is 10.8 Å². The molecule has 2 rings (SSSR count). The lowest BCUT2D eigenvalue weighted by Gasteiger charge is -2.31. The number of anilines is 1. The highest BCUT2D eigenvalue weighted by Gasteiger charge is 2.26. The Morgan fingerprint density at radius 2 is 2.39 bits per heavy atom. The topological polar surface area (TPSA) is 96.5 Å². The van der Waals surface area contributed by atoms with E-state index in [2.05, 4.69) is 4.98 Å². The van der Waals surface area contributed by atoms with Crippen LogP contribution in [-0.2, 0) is 4.79 Å². The van der Waals surface area contributed by atoms with Gasteiger partial charge in [0.15, 0.2) is 5.13 Å². The van der Waals surface area contributed by atoms with E-state index in [1.165, 1.54) is 11.3 Å². The van der Waals surface area contributed by atoms with Crippen molar-refractivity contribution in [3.63, 3.8) is 0 Å².